The first kappa shape index (κ1) is 16.8. The highest BCUT2D eigenvalue weighted by atomic mass is 16.5. The van der Waals surface area contributed by atoms with Crippen molar-refractivity contribution >= 4 is 23.5 Å². The molecular formula is C16H21N3O4. The zero-order valence-electron chi connectivity index (χ0n) is 13.1. The lowest BCUT2D eigenvalue weighted by molar-refractivity contribution is -0.131. The van der Waals surface area contributed by atoms with Gasteiger partial charge < -0.3 is 20.3 Å². The van der Waals surface area contributed by atoms with Crippen molar-refractivity contribution in [2.24, 2.45) is 0 Å². The van der Waals surface area contributed by atoms with Gasteiger partial charge in [0.2, 0.25) is 11.8 Å². The zero-order valence-corrected chi connectivity index (χ0v) is 13.1. The Morgan fingerprint density at radius 2 is 1.83 bits per heavy atom. The summed E-state index contributed by atoms with van der Waals surface area (Å²) in [4.78, 5) is 37.0. The highest BCUT2D eigenvalue weighted by Gasteiger charge is 2.18. The van der Waals surface area contributed by atoms with Crippen LogP contribution < -0.4 is 10.6 Å². The molecule has 0 bridgehead atoms. The third kappa shape index (κ3) is 4.70. The smallest absolute Gasteiger partial charge is 0.339 e. The molecule has 7 heteroatoms. The van der Waals surface area contributed by atoms with Crippen molar-refractivity contribution in [3.8, 4) is 0 Å². The van der Waals surface area contributed by atoms with Gasteiger partial charge in [0.25, 0.3) is 0 Å². The molecular weight excluding hydrogens is 298 g/mol. The van der Waals surface area contributed by atoms with Crippen LogP contribution in [0.4, 0.5) is 5.69 Å². The summed E-state index contributed by atoms with van der Waals surface area (Å²) in [6.45, 7) is 1.50. The third-order valence-electron chi connectivity index (χ3n) is 3.67. The number of anilines is 1. The predicted octanol–water partition coefficient (Wildman–Crippen LogP) is 0.624. The number of nitrogens with one attached hydrogen (secondary N) is 2. The average Bonchev–Trinajstić information content (AvgIpc) is 3.12. The van der Waals surface area contributed by atoms with E-state index in [4.69, 9.17) is 0 Å². The number of hydrogen-bond donors (Lipinski definition) is 2. The van der Waals surface area contributed by atoms with Crippen molar-refractivity contribution in [1.29, 1.82) is 0 Å². The van der Waals surface area contributed by atoms with Crippen LogP contribution in [0.15, 0.2) is 24.3 Å². The Bertz CT molecular complexity index is 582. The number of carbonyl (C=O) groups is 3. The van der Waals surface area contributed by atoms with Gasteiger partial charge in [-0.3, -0.25) is 9.59 Å². The second-order valence-electron chi connectivity index (χ2n) is 5.26. The first-order valence-electron chi connectivity index (χ1n) is 7.57. The quantitative estimate of drug-likeness (QED) is 0.751. The average molecular weight is 319 g/mol. The van der Waals surface area contributed by atoms with Crippen LogP contribution >= 0.6 is 0 Å². The van der Waals surface area contributed by atoms with Gasteiger partial charge in [-0.15, -0.1) is 0 Å². The number of amides is 2. The van der Waals surface area contributed by atoms with Crippen molar-refractivity contribution in [1.82, 2.24) is 10.2 Å². The van der Waals surface area contributed by atoms with E-state index in [1.807, 2.05) is 0 Å². The number of methoxy groups -OCH3 is 1. The van der Waals surface area contributed by atoms with Crippen LogP contribution in [-0.4, -0.2) is 56.0 Å². The van der Waals surface area contributed by atoms with Gasteiger partial charge in [-0.2, -0.15) is 0 Å². The molecule has 124 valence electrons. The zero-order chi connectivity index (χ0) is 16.7. The molecule has 1 aromatic carbocycles. The summed E-state index contributed by atoms with van der Waals surface area (Å²) in [5.74, 6) is -0.847. The van der Waals surface area contributed by atoms with Crippen LogP contribution in [0, 0.1) is 0 Å². The van der Waals surface area contributed by atoms with Crippen molar-refractivity contribution in [2.75, 3.05) is 38.6 Å². The second-order valence-corrected chi connectivity index (χ2v) is 5.26. The molecule has 1 fully saturated rings. The fourth-order valence-electron chi connectivity index (χ4n) is 2.42. The SMILES string of the molecule is COC(=O)c1ccccc1NCC(=O)NCC(=O)N1CCCC1. The molecule has 0 spiro atoms. The lowest BCUT2D eigenvalue weighted by Gasteiger charge is -2.16. The lowest BCUT2D eigenvalue weighted by atomic mass is 10.2. The molecule has 7 nitrogen and oxygen atoms in total. The highest BCUT2D eigenvalue weighted by molar-refractivity contribution is 5.96. The number of nitrogens with zero attached hydrogens (tertiary/aromatic N) is 1. The van der Waals surface area contributed by atoms with E-state index in [1.54, 1.807) is 29.2 Å². The van der Waals surface area contributed by atoms with Crippen molar-refractivity contribution in [3.63, 3.8) is 0 Å². The molecule has 1 heterocycles. The summed E-state index contributed by atoms with van der Waals surface area (Å²) in [7, 11) is 1.30. The molecule has 2 N–H and O–H groups in total. The summed E-state index contributed by atoms with van der Waals surface area (Å²) in [6, 6.07) is 6.77. The minimum atomic E-state index is -0.474. The normalized spacial score (nSPS) is 13.5. The Kier molecular flexibility index (Phi) is 5.96. The molecule has 2 rings (SSSR count). The van der Waals surface area contributed by atoms with E-state index in [9.17, 15) is 14.4 Å². The van der Waals surface area contributed by atoms with E-state index < -0.39 is 5.97 Å². The molecule has 23 heavy (non-hydrogen) atoms. The Morgan fingerprint density at radius 1 is 1.13 bits per heavy atom. The van der Waals surface area contributed by atoms with E-state index in [0.717, 1.165) is 25.9 Å². The maximum Gasteiger partial charge on any atom is 0.339 e. The minimum Gasteiger partial charge on any atom is -0.465 e. The van der Waals surface area contributed by atoms with Crippen LogP contribution in [-0.2, 0) is 14.3 Å². The highest BCUT2D eigenvalue weighted by Crippen LogP contribution is 2.15. The molecule has 0 saturated carbocycles. The van der Waals surface area contributed by atoms with Gasteiger partial charge in [0.1, 0.15) is 0 Å². The van der Waals surface area contributed by atoms with Crippen LogP contribution in [0.5, 0.6) is 0 Å². The summed E-state index contributed by atoms with van der Waals surface area (Å²) >= 11 is 0. The van der Waals surface area contributed by atoms with Crippen LogP contribution in [0.25, 0.3) is 0 Å². The lowest BCUT2D eigenvalue weighted by Crippen LogP contribution is -2.40. The number of benzene rings is 1. The summed E-state index contributed by atoms with van der Waals surface area (Å²) < 4.78 is 4.69. The van der Waals surface area contributed by atoms with Gasteiger partial charge >= 0.3 is 5.97 Å². The number of ether oxygens (including phenoxy) is 1. The van der Waals surface area contributed by atoms with E-state index in [0.29, 0.717) is 11.3 Å². The monoisotopic (exact) mass is 319 g/mol. The van der Waals surface area contributed by atoms with Gasteiger partial charge in [0, 0.05) is 18.8 Å². The Balaban J connectivity index is 1.80. The topological polar surface area (TPSA) is 87.7 Å². The largest absolute Gasteiger partial charge is 0.465 e. The number of likely N-dealkylation sites (tertiary alicyclic amines) is 1. The number of rotatable bonds is 6. The Labute approximate surface area is 135 Å². The molecule has 1 aliphatic heterocycles. The van der Waals surface area contributed by atoms with E-state index in [-0.39, 0.29) is 24.9 Å². The number of carbonyl (C=O) groups excluding carboxylic acids is 3. The summed E-state index contributed by atoms with van der Waals surface area (Å²) in [5.41, 5.74) is 0.872. The van der Waals surface area contributed by atoms with Crippen LogP contribution in [0.3, 0.4) is 0 Å². The second kappa shape index (κ2) is 8.17. The Hall–Kier alpha value is -2.57. The Morgan fingerprint density at radius 3 is 2.52 bits per heavy atom. The number of para-hydroxylation sites is 1. The van der Waals surface area contributed by atoms with E-state index in [2.05, 4.69) is 15.4 Å². The van der Waals surface area contributed by atoms with Gasteiger partial charge in [0.05, 0.1) is 25.8 Å². The molecule has 0 aromatic heterocycles. The van der Waals surface area contributed by atoms with E-state index >= 15 is 0 Å². The maximum atomic E-state index is 11.8. The first-order chi connectivity index (χ1) is 11.1. The molecule has 1 aliphatic rings. The van der Waals surface area contributed by atoms with Gasteiger partial charge in [0.15, 0.2) is 0 Å². The fourth-order valence-corrected chi connectivity index (χ4v) is 2.42. The fraction of sp³-hybridized carbons (Fsp3) is 0.438. The van der Waals surface area contributed by atoms with Gasteiger partial charge in [-0.05, 0) is 25.0 Å². The predicted molar refractivity (Wildman–Crippen MR) is 85.1 cm³/mol. The van der Waals surface area contributed by atoms with Gasteiger partial charge in [-0.25, -0.2) is 4.79 Å². The van der Waals surface area contributed by atoms with Crippen LogP contribution in [0.2, 0.25) is 0 Å². The van der Waals surface area contributed by atoms with Gasteiger partial charge in [-0.1, -0.05) is 12.1 Å². The van der Waals surface area contributed by atoms with Crippen molar-refractivity contribution in [3.05, 3.63) is 29.8 Å². The number of esters is 1. The molecule has 0 unspecified atom stereocenters. The standard InChI is InChI=1S/C16H21N3O4/c1-23-16(22)12-6-2-3-7-13(12)17-10-14(20)18-11-15(21)19-8-4-5-9-19/h2-3,6-7,17H,4-5,8-11H2,1H3,(H,18,20). The maximum absolute atomic E-state index is 11.8. The molecule has 1 aromatic rings. The van der Waals surface area contributed by atoms with Crippen LogP contribution in [0.1, 0.15) is 23.2 Å². The van der Waals surface area contributed by atoms with Crippen molar-refractivity contribution < 1.29 is 19.1 Å². The molecule has 0 atom stereocenters. The number of hydrogen-bond acceptors (Lipinski definition) is 5. The summed E-state index contributed by atoms with van der Waals surface area (Å²) in [6.07, 6.45) is 2.04. The summed E-state index contributed by atoms with van der Waals surface area (Å²) in [5, 5.41) is 5.47. The molecule has 0 aliphatic carbocycles. The van der Waals surface area contributed by atoms with Crippen molar-refractivity contribution in [2.45, 2.75) is 12.8 Å². The molecule has 0 radical (unpaired) electrons. The third-order valence-corrected chi connectivity index (χ3v) is 3.67. The molecule has 2 amide bonds. The molecule has 1 saturated heterocycles. The van der Waals surface area contributed by atoms with E-state index in [1.165, 1.54) is 7.11 Å². The minimum absolute atomic E-state index is 0.000832. The first-order valence-corrected chi connectivity index (χ1v) is 7.57.